The molecule has 0 aliphatic carbocycles. The van der Waals surface area contributed by atoms with Crippen LogP contribution in [0.3, 0.4) is 0 Å². The number of anilines is 3. The minimum absolute atomic E-state index is 0.0999. The lowest BCUT2D eigenvalue weighted by molar-refractivity contribution is 0.0953. The number of nitrogens with one attached hydrogen (secondary N) is 2. The van der Waals surface area contributed by atoms with Crippen molar-refractivity contribution in [2.75, 3.05) is 11.1 Å². The fourth-order valence-electron chi connectivity index (χ4n) is 4.23. The first-order valence-corrected chi connectivity index (χ1v) is 12.7. The molecule has 0 bridgehead atoms. The lowest BCUT2D eigenvalue weighted by atomic mass is 9.99. The van der Waals surface area contributed by atoms with E-state index in [4.69, 9.17) is 5.73 Å². The summed E-state index contributed by atoms with van der Waals surface area (Å²) in [6.07, 6.45) is 0. The second kappa shape index (κ2) is 10.1. The van der Waals surface area contributed by atoms with Crippen LogP contribution in [0.4, 0.5) is 16.5 Å². The van der Waals surface area contributed by atoms with Crippen molar-refractivity contribution in [2.45, 2.75) is 20.4 Å². The minimum atomic E-state index is -0.266. The molecule has 3 aromatic carbocycles. The third-order valence-corrected chi connectivity index (χ3v) is 7.33. The quantitative estimate of drug-likeness (QED) is 0.239. The molecule has 5 aromatic rings. The maximum Gasteiger partial charge on any atom is 0.256 e. The number of hydrogen-bond donors (Lipinski definition) is 3. The average molecular weight is 504 g/mol. The first-order valence-electron chi connectivity index (χ1n) is 11.8. The molecular weight excluding hydrogens is 478 g/mol. The van der Waals surface area contributed by atoms with E-state index in [1.807, 2.05) is 92.7 Å². The molecule has 0 unspecified atom stereocenters. The zero-order valence-electron chi connectivity index (χ0n) is 20.5. The van der Waals surface area contributed by atoms with Crippen LogP contribution in [0.25, 0.3) is 21.3 Å². The summed E-state index contributed by atoms with van der Waals surface area (Å²) in [4.78, 5) is 18.2. The van der Waals surface area contributed by atoms with Crippen LogP contribution in [-0.2, 0) is 6.54 Å². The Morgan fingerprint density at radius 2 is 1.70 bits per heavy atom. The van der Waals surface area contributed by atoms with Crippen molar-refractivity contribution >= 4 is 44.0 Å². The number of rotatable bonds is 6. The molecule has 182 valence electrons. The Balaban J connectivity index is 1.70. The summed E-state index contributed by atoms with van der Waals surface area (Å²) >= 11 is 1.40. The monoisotopic (exact) mass is 503 g/mol. The number of carbonyl (C=O) groups excluding carboxylic acids is 1. The van der Waals surface area contributed by atoms with Crippen molar-refractivity contribution in [3.05, 3.63) is 107 Å². The first kappa shape index (κ1) is 24.0. The van der Waals surface area contributed by atoms with E-state index in [2.05, 4.69) is 21.7 Å². The van der Waals surface area contributed by atoms with Crippen molar-refractivity contribution < 1.29 is 4.79 Å². The number of nitrogens with two attached hydrogens (primary N) is 1. The number of amides is 1. The summed E-state index contributed by atoms with van der Waals surface area (Å²) in [6, 6.07) is 27.8. The van der Waals surface area contributed by atoms with E-state index in [1.54, 1.807) is 0 Å². The Morgan fingerprint density at radius 3 is 2.41 bits per heavy atom. The van der Waals surface area contributed by atoms with E-state index in [-0.39, 0.29) is 11.7 Å². The van der Waals surface area contributed by atoms with Crippen LogP contribution in [-0.4, -0.2) is 10.9 Å². The first-order chi connectivity index (χ1) is 18.0. The van der Waals surface area contributed by atoms with Crippen LogP contribution >= 0.6 is 11.3 Å². The molecule has 0 spiro atoms. The number of carbonyl (C=O) groups is 1. The highest BCUT2D eigenvalue weighted by atomic mass is 32.1. The molecule has 1 amide bonds. The third kappa shape index (κ3) is 4.75. The van der Waals surface area contributed by atoms with Gasteiger partial charge in [0.05, 0.1) is 10.2 Å². The number of aryl methyl sites for hydroxylation is 2. The van der Waals surface area contributed by atoms with Gasteiger partial charge in [0.15, 0.2) is 0 Å². The van der Waals surface area contributed by atoms with Gasteiger partial charge < -0.3 is 16.4 Å². The molecule has 0 saturated heterocycles. The van der Waals surface area contributed by atoms with Crippen molar-refractivity contribution in [3.63, 3.8) is 0 Å². The highest BCUT2D eigenvalue weighted by Crippen LogP contribution is 2.44. The normalized spacial score (nSPS) is 10.7. The van der Waals surface area contributed by atoms with Gasteiger partial charge in [-0.05, 0) is 36.6 Å². The molecule has 0 aliphatic rings. The lowest BCUT2D eigenvalue weighted by Crippen LogP contribution is -2.23. The molecule has 2 heterocycles. The number of nitrogen functional groups attached to an aromatic ring is 1. The van der Waals surface area contributed by atoms with Gasteiger partial charge in [-0.15, -0.1) is 11.3 Å². The van der Waals surface area contributed by atoms with Crippen molar-refractivity contribution in [3.8, 4) is 17.2 Å². The Bertz CT molecular complexity index is 1650. The number of thiophene rings is 1. The van der Waals surface area contributed by atoms with Gasteiger partial charge in [0.2, 0.25) is 0 Å². The van der Waals surface area contributed by atoms with Gasteiger partial charge in [-0.2, -0.15) is 5.26 Å². The van der Waals surface area contributed by atoms with Gasteiger partial charge in [0.1, 0.15) is 28.0 Å². The molecule has 6 nitrogen and oxygen atoms in total. The van der Waals surface area contributed by atoms with E-state index in [9.17, 15) is 10.1 Å². The molecule has 0 saturated carbocycles. The van der Waals surface area contributed by atoms with Gasteiger partial charge in [0, 0.05) is 17.8 Å². The fourth-order valence-corrected chi connectivity index (χ4v) is 5.45. The van der Waals surface area contributed by atoms with Crippen LogP contribution in [0.15, 0.2) is 78.9 Å². The van der Waals surface area contributed by atoms with Gasteiger partial charge >= 0.3 is 0 Å². The number of para-hydroxylation sites is 1. The van der Waals surface area contributed by atoms with Crippen LogP contribution in [0.5, 0.6) is 0 Å². The highest BCUT2D eigenvalue weighted by molar-refractivity contribution is 7.24. The SMILES string of the molecule is Cc1ccc(-c2c(C#N)c(N)nc3c(C(=O)NCc4ccccc4)c(Nc4ccccc4C)sc23)cc1. The van der Waals surface area contributed by atoms with Gasteiger partial charge in [-0.3, -0.25) is 4.79 Å². The number of fused-ring (bicyclic) bond motifs is 1. The summed E-state index contributed by atoms with van der Waals surface area (Å²) < 4.78 is 0.732. The standard InChI is InChI=1S/C30H25N5OS/c1-18-12-14-21(15-13-18)24-22(16-31)28(32)35-26-25(29(36)33-17-20-9-4-3-5-10-20)30(37-27(24)26)34-23-11-7-6-8-19(23)2/h3-15,34H,17H2,1-2H3,(H2,32,35)(H,33,36). The molecule has 37 heavy (non-hydrogen) atoms. The predicted molar refractivity (Wildman–Crippen MR) is 151 cm³/mol. The maximum atomic E-state index is 13.7. The Kier molecular flexibility index (Phi) is 6.59. The van der Waals surface area contributed by atoms with E-state index in [0.29, 0.717) is 33.8 Å². The second-order valence-corrected chi connectivity index (χ2v) is 9.84. The number of pyridine rings is 1. The van der Waals surface area contributed by atoms with Gasteiger partial charge in [0.25, 0.3) is 5.91 Å². The predicted octanol–water partition coefficient (Wildman–Crippen LogP) is 6.71. The van der Waals surface area contributed by atoms with Gasteiger partial charge in [-0.1, -0.05) is 78.4 Å². The molecule has 7 heteroatoms. The molecule has 4 N–H and O–H groups in total. The fraction of sp³-hybridized carbons (Fsp3) is 0.100. The highest BCUT2D eigenvalue weighted by Gasteiger charge is 2.26. The van der Waals surface area contributed by atoms with Crippen molar-refractivity contribution in [1.29, 1.82) is 5.26 Å². The van der Waals surface area contributed by atoms with E-state index >= 15 is 0 Å². The largest absolute Gasteiger partial charge is 0.383 e. The smallest absolute Gasteiger partial charge is 0.256 e. The summed E-state index contributed by atoms with van der Waals surface area (Å²) in [6.45, 7) is 4.39. The van der Waals surface area contributed by atoms with Crippen LogP contribution in [0.2, 0.25) is 0 Å². The summed E-state index contributed by atoms with van der Waals surface area (Å²) in [7, 11) is 0. The Labute approximate surface area is 219 Å². The second-order valence-electron chi connectivity index (χ2n) is 8.82. The molecule has 0 fully saturated rings. The Morgan fingerprint density at radius 1 is 1.00 bits per heavy atom. The molecule has 0 radical (unpaired) electrons. The average Bonchev–Trinajstić information content (AvgIpc) is 3.26. The molecule has 2 aromatic heterocycles. The summed E-state index contributed by atoms with van der Waals surface area (Å²) in [5.41, 5.74) is 13.0. The number of aromatic nitrogens is 1. The minimum Gasteiger partial charge on any atom is -0.383 e. The third-order valence-electron chi connectivity index (χ3n) is 6.22. The zero-order chi connectivity index (χ0) is 25.9. The van der Waals surface area contributed by atoms with Crippen molar-refractivity contribution in [2.24, 2.45) is 0 Å². The maximum absolute atomic E-state index is 13.7. The van der Waals surface area contributed by atoms with Gasteiger partial charge in [-0.25, -0.2) is 4.98 Å². The molecule has 0 aliphatic heterocycles. The van der Waals surface area contributed by atoms with E-state index < -0.39 is 0 Å². The summed E-state index contributed by atoms with van der Waals surface area (Å²) in [5.74, 6) is -0.166. The summed E-state index contributed by atoms with van der Waals surface area (Å²) in [5, 5.41) is 17.1. The van der Waals surface area contributed by atoms with Crippen molar-refractivity contribution in [1.82, 2.24) is 10.3 Å². The van der Waals surface area contributed by atoms with E-state index in [0.717, 1.165) is 32.6 Å². The molecule has 5 rings (SSSR count). The number of nitriles is 1. The number of benzene rings is 3. The number of nitrogens with zero attached hydrogens (tertiary/aromatic N) is 2. The zero-order valence-corrected chi connectivity index (χ0v) is 21.3. The van der Waals surface area contributed by atoms with Crippen LogP contribution in [0, 0.1) is 25.2 Å². The molecular formula is C30H25N5OS. The van der Waals surface area contributed by atoms with E-state index in [1.165, 1.54) is 11.3 Å². The lowest BCUT2D eigenvalue weighted by Gasteiger charge is -2.11. The van der Waals surface area contributed by atoms with Crippen LogP contribution < -0.4 is 16.4 Å². The Hall–Kier alpha value is -4.67. The topological polar surface area (TPSA) is 104 Å². The van der Waals surface area contributed by atoms with Crippen LogP contribution in [0.1, 0.15) is 32.6 Å². The molecule has 0 atom stereocenters. The number of hydrogen-bond acceptors (Lipinski definition) is 6.